The van der Waals surface area contributed by atoms with Crippen LogP contribution < -0.4 is 5.32 Å². The van der Waals surface area contributed by atoms with Gasteiger partial charge >= 0.3 is 0 Å². The van der Waals surface area contributed by atoms with E-state index in [9.17, 15) is 4.79 Å². The highest BCUT2D eigenvalue weighted by Gasteiger charge is 2.30. The molecule has 2 saturated heterocycles. The Labute approximate surface area is 184 Å². The molecule has 0 aromatic carbocycles. The quantitative estimate of drug-likeness (QED) is 0.352. The normalized spacial score (nSPS) is 20.8. The molecule has 3 heterocycles. The van der Waals surface area contributed by atoms with Crippen molar-refractivity contribution in [3.63, 3.8) is 0 Å². The van der Waals surface area contributed by atoms with Crippen LogP contribution in [0.25, 0.3) is 0 Å². The largest absolute Gasteiger partial charge is 0.368 e. The van der Waals surface area contributed by atoms with E-state index in [-0.39, 0.29) is 36.0 Å². The molecule has 1 aromatic heterocycles. The monoisotopic (exact) mass is 556 g/mol. The molecule has 2 fully saturated rings. The minimum atomic E-state index is -0.217. The van der Waals surface area contributed by atoms with Crippen LogP contribution in [-0.4, -0.2) is 67.1 Å². The highest BCUT2D eigenvalue weighted by atomic mass is 127. The van der Waals surface area contributed by atoms with Gasteiger partial charge in [-0.05, 0) is 41.8 Å². The first kappa shape index (κ1) is 21.9. The third kappa shape index (κ3) is 5.80. The molecule has 1 N–H and O–H groups in total. The Kier molecular flexibility index (Phi) is 9.11. The minimum Gasteiger partial charge on any atom is -0.368 e. The van der Waals surface area contributed by atoms with Crippen LogP contribution in [0.4, 0.5) is 0 Å². The number of hydrogen-bond donors (Lipinski definition) is 1. The lowest BCUT2D eigenvalue weighted by atomic mass is 10.2. The van der Waals surface area contributed by atoms with E-state index in [4.69, 9.17) is 9.73 Å². The van der Waals surface area contributed by atoms with Gasteiger partial charge in [0.1, 0.15) is 6.10 Å². The Hall–Kier alpha value is -0.390. The van der Waals surface area contributed by atoms with Gasteiger partial charge in [0.15, 0.2) is 5.96 Å². The van der Waals surface area contributed by atoms with Gasteiger partial charge in [0.25, 0.3) is 5.91 Å². The Morgan fingerprint density at radius 3 is 2.69 bits per heavy atom. The molecule has 3 rings (SSSR count). The predicted molar refractivity (Wildman–Crippen MR) is 119 cm³/mol. The lowest BCUT2D eigenvalue weighted by Crippen LogP contribution is -2.55. The summed E-state index contributed by atoms with van der Waals surface area (Å²) in [4.78, 5) is 22.6. The molecule has 2 aliphatic heterocycles. The van der Waals surface area contributed by atoms with Crippen molar-refractivity contribution in [2.75, 3.05) is 39.3 Å². The first-order valence-electron chi connectivity index (χ1n) is 8.84. The number of carbonyl (C=O) groups is 1. The summed E-state index contributed by atoms with van der Waals surface area (Å²) in [6, 6.07) is 2.11. The number of halogens is 2. The van der Waals surface area contributed by atoms with Gasteiger partial charge < -0.3 is 19.9 Å². The summed E-state index contributed by atoms with van der Waals surface area (Å²) in [7, 11) is 0. The average molecular weight is 557 g/mol. The number of piperazine rings is 1. The SMILES string of the molecule is CCNC(=NCc1cc(Br)cs1)N1CCN(C(=O)C2CCCO2)CC1.I. The minimum absolute atomic E-state index is 0. The molecule has 0 spiro atoms. The third-order valence-electron chi connectivity index (χ3n) is 4.44. The van der Waals surface area contributed by atoms with Gasteiger partial charge in [0.05, 0.1) is 6.54 Å². The van der Waals surface area contributed by atoms with Gasteiger partial charge in [-0.15, -0.1) is 35.3 Å². The van der Waals surface area contributed by atoms with Crippen molar-refractivity contribution < 1.29 is 9.53 Å². The van der Waals surface area contributed by atoms with E-state index in [1.54, 1.807) is 11.3 Å². The van der Waals surface area contributed by atoms with Gasteiger partial charge in [-0.1, -0.05) is 0 Å². The average Bonchev–Trinajstić information content (AvgIpc) is 3.30. The molecule has 2 aliphatic rings. The fourth-order valence-electron chi connectivity index (χ4n) is 3.13. The molecular weight excluding hydrogens is 531 g/mol. The molecule has 26 heavy (non-hydrogen) atoms. The number of nitrogens with zero attached hydrogens (tertiary/aromatic N) is 3. The van der Waals surface area contributed by atoms with Crippen LogP contribution in [0, 0.1) is 0 Å². The molecular formula is C17H26BrIN4O2S. The van der Waals surface area contributed by atoms with Crippen molar-refractivity contribution in [2.24, 2.45) is 4.99 Å². The first-order chi connectivity index (χ1) is 12.2. The Balaban J connectivity index is 0.00000243. The summed E-state index contributed by atoms with van der Waals surface area (Å²) in [6.07, 6.45) is 1.64. The Morgan fingerprint density at radius 1 is 1.38 bits per heavy atom. The zero-order valence-corrected chi connectivity index (χ0v) is 19.7. The van der Waals surface area contributed by atoms with Crippen molar-refractivity contribution >= 4 is 63.1 Å². The van der Waals surface area contributed by atoms with Crippen LogP contribution in [0.1, 0.15) is 24.6 Å². The molecule has 1 atom stereocenters. The van der Waals surface area contributed by atoms with Crippen molar-refractivity contribution in [1.29, 1.82) is 0 Å². The molecule has 1 amide bonds. The maximum absolute atomic E-state index is 12.4. The second-order valence-corrected chi connectivity index (χ2v) is 8.13. The van der Waals surface area contributed by atoms with Crippen LogP contribution in [0.15, 0.2) is 20.9 Å². The molecule has 1 unspecified atom stereocenters. The van der Waals surface area contributed by atoms with Crippen LogP contribution in [0.5, 0.6) is 0 Å². The van der Waals surface area contributed by atoms with E-state index < -0.39 is 0 Å². The van der Waals surface area contributed by atoms with Crippen molar-refractivity contribution in [3.8, 4) is 0 Å². The summed E-state index contributed by atoms with van der Waals surface area (Å²) in [5.74, 6) is 1.08. The number of carbonyl (C=O) groups excluding carboxylic acids is 1. The molecule has 9 heteroatoms. The number of guanidine groups is 1. The predicted octanol–water partition coefficient (Wildman–Crippen LogP) is 2.92. The zero-order chi connectivity index (χ0) is 17.6. The van der Waals surface area contributed by atoms with E-state index in [1.165, 1.54) is 4.88 Å². The summed E-state index contributed by atoms with van der Waals surface area (Å²) in [6.45, 7) is 7.37. The van der Waals surface area contributed by atoms with Crippen molar-refractivity contribution in [1.82, 2.24) is 15.1 Å². The van der Waals surface area contributed by atoms with E-state index in [0.29, 0.717) is 13.2 Å². The molecule has 0 saturated carbocycles. The highest BCUT2D eigenvalue weighted by molar-refractivity contribution is 14.0. The summed E-state index contributed by atoms with van der Waals surface area (Å²) < 4.78 is 6.63. The van der Waals surface area contributed by atoms with E-state index >= 15 is 0 Å². The number of aliphatic imine (C=N–C) groups is 1. The Bertz CT molecular complexity index is 614. The molecule has 6 nitrogen and oxygen atoms in total. The molecule has 146 valence electrons. The number of hydrogen-bond acceptors (Lipinski definition) is 4. The van der Waals surface area contributed by atoms with Crippen LogP contribution >= 0.6 is 51.2 Å². The Morgan fingerprint density at radius 2 is 2.12 bits per heavy atom. The van der Waals surface area contributed by atoms with E-state index in [2.05, 4.69) is 44.5 Å². The van der Waals surface area contributed by atoms with Gasteiger partial charge in [-0.3, -0.25) is 4.79 Å². The van der Waals surface area contributed by atoms with Gasteiger partial charge in [0.2, 0.25) is 0 Å². The van der Waals surface area contributed by atoms with Gasteiger partial charge in [-0.25, -0.2) is 4.99 Å². The molecule has 0 aliphatic carbocycles. The first-order valence-corrected chi connectivity index (χ1v) is 10.5. The number of amides is 1. The number of nitrogens with one attached hydrogen (secondary N) is 1. The number of ether oxygens (including phenoxy) is 1. The van der Waals surface area contributed by atoms with Gasteiger partial charge in [-0.2, -0.15) is 0 Å². The molecule has 0 bridgehead atoms. The maximum atomic E-state index is 12.4. The van der Waals surface area contributed by atoms with E-state index in [1.807, 2.05) is 4.90 Å². The fraction of sp³-hybridized carbons (Fsp3) is 0.647. The highest BCUT2D eigenvalue weighted by Crippen LogP contribution is 2.20. The van der Waals surface area contributed by atoms with Gasteiger partial charge in [0, 0.05) is 54.1 Å². The smallest absolute Gasteiger partial charge is 0.251 e. The maximum Gasteiger partial charge on any atom is 0.251 e. The molecule has 1 aromatic rings. The lowest BCUT2D eigenvalue weighted by Gasteiger charge is -2.37. The number of thiophene rings is 1. The standard InChI is InChI=1S/C17H25BrN4O2S.HI/c1-2-19-17(20-11-14-10-13(18)12-25-14)22-7-5-21(6-8-22)16(23)15-4-3-9-24-15;/h10,12,15H,2-9,11H2,1H3,(H,19,20);1H. The van der Waals surface area contributed by atoms with Crippen LogP contribution in [-0.2, 0) is 16.1 Å². The lowest BCUT2D eigenvalue weighted by molar-refractivity contribution is -0.142. The third-order valence-corrected chi connectivity index (χ3v) is 6.12. The topological polar surface area (TPSA) is 57.2 Å². The zero-order valence-electron chi connectivity index (χ0n) is 14.9. The number of rotatable bonds is 4. The summed E-state index contributed by atoms with van der Waals surface area (Å²) >= 11 is 5.19. The van der Waals surface area contributed by atoms with E-state index in [0.717, 1.165) is 56.0 Å². The fourth-order valence-corrected chi connectivity index (χ4v) is 4.50. The molecule has 0 radical (unpaired) electrons. The van der Waals surface area contributed by atoms with Crippen molar-refractivity contribution in [3.05, 3.63) is 20.8 Å². The van der Waals surface area contributed by atoms with Crippen LogP contribution in [0.2, 0.25) is 0 Å². The summed E-state index contributed by atoms with van der Waals surface area (Å²) in [5, 5.41) is 5.45. The van der Waals surface area contributed by atoms with Crippen molar-refractivity contribution in [2.45, 2.75) is 32.4 Å². The van der Waals surface area contributed by atoms with Crippen LogP contribution in [0.3, 0.4) is 0 Å². The second kappa shape index (κ2) is 10.8. The second-order valence-electron chi connectivity index (χ2n) is 6.22. The summed E-state index contributed by atoms with van der Waals surface area (Å²) in [5.41, 5.74) is 0.